The van der Waals surface area contributed by atoms with Gasteiger partial charge in [-0.15, -0.1) is 0 Å². The molecular formula is C64H103F3N10O7. The number of amides is 2. The average molecular weight is 1180 g/mol. The van der Waals surface area contributed by atoms with Crippen molar-refractivity contribution in [3.63, 3.8) is 0 Å². The monoisotopic (exact) mass is 1180 g/mol. The van der Waals surface area contributed by atoms with Crippen LogP contribution in [-0.2, 0) is 46.3 Å². The second-order valence-corrected chi connectivity index (χ2v) is 26.1. The molecule has 6 saturated heterocycles. The Morgan fingerprint density at radius 2 is 1.68 bits per heavy atom. The summed E-state index contributed by atoms with van der Waals surface area (Å²) < 4.78 is 72.7. The first-order chi connectivity index (χ1) is 39.8. The van der Waals surface area contributed by atoms with E-state index < -0.39 is 60.5 Å². The number of carbonyl (C=O) groups excluding carboxylic acids is 3. The lowest BCUT2D eigenvalue weighted by Gasteiger charge is -2.49. The number of likely N-dealkylation sites (N-methyl/N-ethyl adjacent to an activating group) is 1. The summed E-state index contributed by atoms with van der Waals surface area (Å²) in [7, 11) is 3.63. The summed E-state index contributed by atoms with van der Waals surface area (Å²) in [5.74, 6) is -0.709. The van der Waals surface area contributed by atoms with Crippen LogP contribution in [0.2, 0.25) is 0 Å². The number of cyclic esters (lactones) is 1. The summed E-state index contributed by atoms with van der Waals surface area (Å²) >= 11 is 0. The first-order valence-electron chi connectivity index (χ1n) is 31.5. The summed E-state index contributed by atoms with van der Waals surface area (Å²) in [6.07, 6.45) is 5.62. The van der Waals surface area contributed by atoms with Gasteiger partial charge in [0.25, 0.3) is 5.91 Å². The van der Waals surface area contributed by atoms with Gasteiger partial charge < -0.3 is 38.6 Å². The van der Waals surface area contributed by atoms with Crippen LogP contribution < -0.4 is 15.6 Å². The number of fused-ring (bicyclic) bond motifs is 7. The summed E-state index contributed by atoms with van der Waals surface area (Å²) in [4.78, 5) is 62.9. The van der Waals surface area contributed by atoms with Crippen LogP contribution in [0.5, 0.6) is 0 Å². The fraction of sp³-hybridized carbons (Fsp3) is 0.750. The number of hydrogen-bond donors (Lipinski definition) is 2. The number of nitrogens with one attached hydrogen (secondary N) is 2. The van der Waals surface area contributed by atoms with Crippen LogP contribution in [-0.4, -0.2) is 200 Å². The molecule has 11 rings (SSSR count). The largest absolute Gasteiger partial charge is 0.464 e. The van der Waals surface area contributed by atoms with E-state index in [-0.39, 0.29) is 72.3 Å². The fourth-order valence-corrected chi connectivity index (χ4v) is 14.7. The van der Waals surface area contributed by atoms with E-state index in [9.17, 15) is 4.79 Å². The number of rotatable bonds is 9. The molecule has 1 aromatic carbocycles. The second-order valence-electron chi connectivity index (χ2n) is 26.1. The molecule has 0 radical (unpaired) electrons. The second kappa shape index (κ2) is 27.3. The SMILES string of the molecule is C.CC.CO[C@@H](C)c1ncc(C2CN(C)C2)cc1-c1c2c3cc(ccc3n1CC(F)(F)F)N1CCO[C@H](C1)[C@@H](N1CCCCCOC1)[C@H](NC(=O)[C@@H]1C(C)C(C)CN(C3CCC3)C[C@@H]3CCCN31)C(=O)N1CCC[C@H](N1)C(=O)OCC(C)(C)C2.[HH].[HH]. The summed E-state index contributed by atoms with van der Waals surface area (Å²) in [5, 5.41) is 5.67. The zero-order valence-corrected chi connectivity index (χ0v) is 51.0. The van der Waals surface area contributed by atoms with E-state index in [1.54, 1.807) is 13.2 Å². The highest BCUT2D eigenvalue weighted by atomic mass is 19.4. The average Bonchev–Trinajstić information content (AvgIpc) is 1.58. The van der Waals surface area contributed by atoms with Crippen LogP contribution in [0.1, 0.15) is 152 Å². The summed E-state index contributed by atoms with van der Waals surface area (Å²) in [6, 6.07) is 5.35. The van der Waals surface area contributed by atoms with E-state index in [1.807, 2.05) is 66.1 Å². The van der Waals surface area contributed by atoms with Gasteiger partial charge in [0.1, 0.15) is 18.6 Å². The molecule has 6 bridgehead atoms. The van der Waals surface area contributed by atoms with Gasteiger partial charge in [0, 0.05) is 121 Å². The molecule has 2 amide bonds. The number of methoxy groups -OCH3 is 1. The lowest BCUT2D eigenvalue weighted by molar-refractivity contribution is -0.158. The van der Waals surface area contributed by atoms with Crippen molar-refractivity contribution in [1.82, 2.24) is 44.9 Å². The molecule has 1 saturated carbocycles. The van der Waals surface area contributed by atoms with Crippen molar-refractivity contribution < 1.29 is 49.4 Å². The first-order valence-corrected chi connectivity index (χ1v) is 31.5. The van der Waals surface area contributed by atoms with Gasteiger partial charge in [0.15, 0.2) is 0 Å². The molecule has 84 heavy (non-hydrogen) atoms. The Morgan fingerprint density at radius 1 is 0.917 bits per heavy atom. The van der Waals surface area contributed by atoms with Crippen molar-refractivity contribution >= 4 is 34.4 Å². The molecule has 9 heterocycles. The molecule has 8 aliphatic rings. The minimum absolute atomic E-state index is 0. The number of hydrazine groups is 1. The lowest BCUT2D eigenvalue weighted by Crippen LogP contribution is -2.70. The number of carbonyl (C=O) groups is 3. The number of nitrogens with zero attached hydrogens (tertiary/aromatic N) is 8. The Balaban J connectivity index is 0.00000209. The molecule has 7 aliphatic heterocycles. The third-order valence-corrected chi connectivity index (χ3v) is 19.6. The Kier molecular flexibility index (Phi) is 20.8. The number of aromatic nitrogens is 2. The third-order valence-electron chi connectivity index (χ3n) is 19.6. The van der Waals surface area contributed by atoms with Gasteiger partial charge in [0.2, 0.25) is 5.91 Å². The minimum atomic E-state index is -4.59. The molecule has 1 aliphatic carbocycles. The topological polar surface area (TPSA) is 149 Å². The van der Waals surface area contributed by atoms with Crippen molar-refractivity contribution in [2.24, 2.45) is 17.3 Å². The standard InChI is InChI=1S/C61H89F3N10O7.C2H6.CH4.2H2/c1-38-30-71(43-14-11-15-43)33-45-16-12-21-72(45)54(39(38)2)57(75)66-53-56(70-20-9-8-10-24-79-37-70)51-34-69(23-25-80-51)44-18-19-50-46(27-44)48(28-60(4,5)36-81-59(77)49-17-13-22-74(67-49)58(53)76)55(73(50)35-61(62,63)64)47-26-41(42-31-68(6)32-42)29-65-52(47)40(3)78-7;1-2;;;/h18-19,26-27,29,38-40,42-43,45,49,51,53-54,56,67H,8-17,20-25,28,30-37H2,1-7H3,(H,66,75);1-2H3;1H4;2*1H/t38?,39?,40-,45-,49-,51+,53-,54-,56+;;;;/m0..../s1. The van der Waals surface area contributed by atoms with Gasteiger partial charge >= 0.3 is 12.1 Å². The molecule has 2 unspecified atom stereocenters. The van der Waals surface area contributed by atoms with Crippen molar-refractivity contribution in [1.29, 1.82) is 0 Å². The highest BCUT2D eigenvalue weighted by molar-refractivity contribution is 5.95. The number of benzene rings is 1. The van der Waals surface area contributed by atoms with E-state index in [1.165, 1.54) is 28.8 Å². The minimum Gasteiger partial charge on any atom is -0.464 e. The number of esters is 1. The summed E-state index contributed by atoms with van der Waals surface area (Å²) in [6.45, 7) is 20.0. The Morgan fingerprint density at radius 3 is 2.40 bits per heavy atom. The quantitative estimate of drug-likeness (QED) is 0.196. The number of morpholine rings is 1. The number of anilines is 1. The van der Waals surface area contributed by atoms with Crippen LogP contribution in [0.25, 0.3) is 22.2 Å². The molecule has 0 spiro atoms. The third kappa shape index (κ3) is 13.8. The zero-order valence-electron chi connectivity index (χ0n) is 51.0. The van der Waals surface area contributed by atoms with Crippen molar-refractivity contribution in [3.8, 4) is 11.3 Å². The fourth-order valence-electron chi connectivity index (χ4n) is 14.7. The van der Waals surface area contributed by atoms with Crippen LogP contribution in [0.3, 0.4) is 0 Å². The zero-order chi connectivity index (χ0) is 58.9. The maximum Gasteiger partial charge on any atom is 0.406 e. The lowest BCUT2D eigenvalue weighted by atomic mass is 9.82. The highest BCUT2D eigenvalue weighted by Crippen LogP contribution is 2.45. The van der Waals surface area contributed by atoms with E-state index in [0.717, 1.165) is 76.1 Å². The maximum absolute atomic E-state index is 15.9. The maximum atomic E-state index is 15.9. The molecule has 7 fully saturated rings. The highest BCUT2D eigenvalue weighted by Gasteiger charge is 2.50. The van der Waals surface area contributed by atoms with Gasteiger partial charge in [-0.3, -0.25) is 39.1 Å². The van der Waals surface area contributed by atoms with Gasteiger partial charge in [0.05, 0.1) is 55.6 Å². The predicted octanol–water partition coefficient (Wildman–Crippen LogP) is 9.27. The van der Waals surface area contributed by atoms with Crippen LogP contribution in [0.4, 0.5) is 18.9 Å². The number of halogens is 3. The molecule has 9 atom stereocenters. The predicted molar refractivity (Wildman–Crippen MR) is 326 cm³/mol. The number of ether oxygens (including phenoxy) is 4. The normalized spacial score (nSPS) is 29.7. The van der Waals surface area contributed by atoms with Gasteiger partial charge in [-0.25, -0.2) is 5.43 Å². The van der Waals surface area contributed by atoms with Crippen molar-refractivity contribution in [3.05, 3.63) is 47.3 Å². The molecule has 2 N–H and O–H groups in total. The Bertz CT molecular complexity index is 2740. The Labute approximate surface area is 500 Å². The molecular weight excluding hydrogens is 1080 g/mol. The van der Waals surface area contributed by atoms with Crippen LogP contribution in [0.15, 0.2) is 30.5 Å². The van der Waals surface area contributed by atoms with E-state index in [0.29, 0.717) is 85.1 Å². The molecule has 17 nitrogen and oxygen atoms in total. The van der Waals surface area contributed by atoms with E-state index in [2.05, 4.69) is 49.1 Å². The first kappa shape index (κ1) is 64.1. The van der Waals surface area contributed by atoms with Gasteiger partial charge in [-0.2, -0.15) is 13.2 Å². The van der Waals surface area contributed by atoms with E-state index >= 15 is 22.8 Å². The number of hydrogen-bond acceptors (Lipinski definition) is 14. The van der Waals surface area contributed by atoms with Crippen molar-refractivity contribution in [2.45, 2.75) is 194 Å². The Hall–Kier alpha value is -4.41. The van der Waals surface area contributed by atoms with Gasteiger partial charge in [-0.05, 0) is 132 Å². The van der Waals surface area contributed by atoms with Crippen LogP contribution in [0, 0.1) is 17.3 Å². The van der Waals surface area contributed by atoms with Gasteiger partial charge in [-0.1, -0.05) is 55.4 Å². The molecule has 472 valence electrons. The molecule has 20 heteroatoms. The molecule has 2 aromatic heterocycles. The van der Waals surface area contributed by atoms with Crippen LogP contribution >= 0.6 is 0 Å². The van der Waals surface area contributed by atoms with Crippen molar-refractivity contribution in [2.75, 3.05) is 105 Å². The smallest absolute Gasteiger partial charge is 0.406 e. The number of pyridine rings is 1. The number of likely N-dealkylation sites (tertiary alicyclic amines) is 1. The molecule has 3 aromatic rings. The number of alkyl halides is 3. The van der Waals surface area contributed by atoms with E-state index in [4.69, 9.17) is 23.9 Å². The summed E-state index contributed by atoms with van der Waals surface area (Å²) in [5.41, 5.74) is 6.89.